The Morgan fingerprint density at radius 1 is 1.56 bits per heavy atom. The topological polar surface area (TPSA) is 40.1 Å². The number of ether oxygens (including phenoxy) is 1. The number of hydrogen-bond donors (Lipinski definition) is 1. The van der Waals surface area contributed by atoms with Crippen molar-refractivity contribution in [3.8, 4) is 0 Å². The number of aliphatic imine (C=N–C) groups is 1. The first-order chi connectivity index (χ1) is 8.70. The summed E-state index contributed by atoms with van der Waals surface area (Å²) in [5.74, 6) is 2.85. The van der Waals surface area contributed by atoms with Gasteiger partial charge in [-0.2, -0.15) is 0 Å². The molecule has 0 radical (unpaired) electrons. The molecule has 0 bridgehead atoms. The number of hydrogen-bond acceptors (Lipinski definition) is 5. The van der Waals surface area contributed by atoms with E-state index in [2.05, 4.69) is 31.2 Å². The van der Waals surface area contributed by atoms with Crippen LogP contribution in [-0.4, -0.2) is 42.0 Å². The van der Waals surface area contributed by atoms with Crippen LogP contribution < -0.4 is 5.43 Å². The molecule has 0 amide bonds. The second-order valence-corrected chi connectivity index (χ2v) is 5.10. The molecule has 98 valence electrons. The molecule has 1 atom stereocenters. The van der Waals surface area contributed by atoms with Crippen LogP contribution in [0, 0.1) is 0 Å². The minimum absolute atomic E-state index is 0.438. The summed E-state index contributed by atoms with van der Waals surface area (Å²) >= 11 is 0. The van der Waals surface area contributed by atoms with Gasteiger partial charge in [-0.15, -0.1) is 0 Å². The molecule has 0 aliphatic carbocycles. The van der Waals surface area contributed by atoms with Gasteiger partial charge < -0.3 is 9.64 Å². The highest BCUT2D eigenvalue weighted by Gasteiger charge is 2.33. The largest absolute Gasteiger partial charge is 0.486 e. The molecule has 0 saturated carbocycles. The first-order valence-electron chi connectivity index (χ1n) is 6.59. The van der Waals surface area contributed by atoms with Crippen molar-refractivity contribution in [2.24, 2.45) is 4.99 Å². The second-order valence-electron chi connectivity index (χ2n) is 5.10. The van der Waals surface area contributed by atoms with Gasteiger partial charge in [0.15, 0.2) is 11.6 Å². The van der Waals surface area contributed by atoms with Crippen LogP contribution >= 0.6 is 0 Å². The Labute approximate surface area is 108 Å². The standard InChI is InChI=1S/C13H20N4O/c1-4-5-10-8-18-11-7-17-12(9(2)6-14-17)15-13(11)16(10)3/h7,10,14H,4-6,8H2,1-3H3. The van der Waals surface area contributed by atoms with Crippen LogP contribution in [0.1, 0.15) is 26.7 Å². The maximum atomic E-state index is 5.85. The Hall–Kier alpha value is -1.49. The Morgan fingerprint density at radius 2 is 2.39 bits per heavy atom. The number of hydrazine groups is 1. The molecule has 1 saturated heterocycles. The molecule has 0 spiro atoms. The van der Waals surface area contributed by atoms with E-state index < -0.39 is 0 Å². The molecule has 5 nitrogen and oxygen atoms in total. The highest BCUT2D eigenvalue weighted by molar-refractivity contribution is 5.98. The predicted molar refractivity (Wildman–Crippen MR) is 70.5 cm³/mol. The van der Waals surface area contributed by atoms with Crippen LogP contribution in [0.5, 0.6) is 0 Å². The van der Waals surface area contributed by atoms with Gasteiger partial charge in [-0.25, -0.2) is 10.4 Å². The molecule has 5 heteroatoms. The van der Waals surface area contributed by atoms with Gasteiger partial charge in [0.25, 0.3) is 0 Å². The Balaban J connectivity index is 1.91. The van der Waals surface area contributed by atoms with Crippen molar-refractivity contribution in [3.05, 3.63) is 23.4 Å². The average Bonchev–Trinajstić information content (AvgIpc) is 2.73. The van der Waals surface area contributed by atoms with Crippen LogP contribution in [0.2, 0.25) is 0 Å². The predicted octanol–water partition coefficient (Wildman–Crippen LogP) is 1.42. The van der Waals surface area contributed by atoms with Crippen molar-refractivity contribution in [2.45, 2.75) is 32.7 Å². The monoisotopic (exact) mass is 248 g/mol. The summed E-state index contributed by atoms with van der Waals surface area (Å²) in [6.07, 6.45) is 4.32. The van der Waals surface area contributed by atoms with Crippen molar-refractivity contribution < 1.29 is 4.74 Å². The van der Waals surface area contributed by atoms with Crippen LogP contribution in [0.3, 0.4) is 0 Å². The van der Waals surface area contributed by atoms with E-state index in [1.807, 2.05) is 11.2 Å². The molecule has 1 N–H and O–H groups in total. The van der Waals surface area contributed by atoms with Gasteiger partial charge in [-0.3, -0.25) is 5.01 Å². The third kappa shape index (κ3) is 1.70. The van der Waals surface area contributed by atoms with E-state index in [1.165, 1.54) is 12.0 Å². The summed E-state index contributed by atoms with van der Waals surface area (Å²) in [6, 6.07) is 0.438. The van der Waals surface area contributed by atoms with E-state index in [4.69, 9.17) is 9.73 Å². The second kappa shape index (κ2) is 4.31. The van der Waals surface area contributed by atoms with Crippen LogP contribution in [0.15, 0.2) is 28.3 Å². The smallest absolute Gasteiger partial charge is 0.179 e. The summed E-state index contributed by atoms with van der Waals surface area (Å²) in [5.41, 5.74) is 4.54. The number of amidine groups is 1. The molecule has 0 aromatic heterocycles. The summed E-state index contributed by atoms with van der Waals surface area (Å²) in [6.45, 7) is 5.93. The Bertz CT molecular complexity index is 452. The van der Waals surface area contributed by atoms with Gasteiger partial charge >= 0.3 is 0 Å². The zero-order valence-corrected chi connectivity index (χ0v) is 11.2. The van der Waals surface area contributed by atoms with Crippen LogP contribution in [-0.2, 0) is 4.74 Å². The van der Waals surface area contributed by atoms with Crippen LogP contribution in [0.4, 0.5) is 0 Å². The molecule has 3 heterocycles. The van der Waals surface area contributed by atoms with Crippen LogP contribution in [0.25, 0.3) is 0 Å². The fraction of sp³-hybridized carbons (Fsp3) is 0.615. The van der Waals surface area contributed by atoms with E-state index in [1.54, 1.807) is 0 Å². The summed E-state index contributed by atoms with van der Waals surface area (Å²) in [5, 5.41) is 1.96. The van der Waals surface area contributed by atoms with E-state index in [9.17, 15) is 0 Å². The van der Waals surface area contributed by atoms with Gasteiger partial charge in [-0.05, 0) is 18.9 Å². The molecule has 18 heavy (non-hydrogen) atoms. The highest BCUT2D eigenvalue weighted by atomic mass is 16.5. The van der Waals surface area contributed by atoms with Crippen molar-refractivity contribution in [1.82, 2.24) is 15.3 Å². The van der Waals surface area contributed by atoms with Gasteiger partial charge in [0.2, 0.25) is 0 Å². The quantitative estimate of drug-likeness (QED) is 0.802. The zero-order valence-electron chi connectivity index (χ0n) is 11.2. The number of fused-ring (bicyclic) bond motifs is 2. The van der Waals surface area contributed by atoms with Crippen molar-refractivity contribution in [2.75, 3.05) is 20.2 Å². The van der Waals surface area contributed by atoms with E-state index in [0.29, 0.717) is 6.04 Å². The minimum atomic E-state index is 0.438. The maximum Gasteiger partial charge on any atom is 0.179 e. The molecule has 3 aliphatic rings. The summed E-state index contributed by atoms with van der Waals surface area (Å²) in [7, 11) is 2.11. The number of morpholine rings is 1. The third-order valence-corrected chi connectivity index (χ3v) is 3.74. The van der Waals surface area contributed by atoms with Crippen molar-refractivity contribution in [3.63, 3.8) is 0 Å². The fourth-order valence-corrected chi connectivity index (χ4v) is 2.59. The lowest BCUT2D eigenvalue weighted by Gasteiger charge is -2.38. The lowest BCUT2D eigenvalue weighted by Crippen LogP contribution is -2.48. The molecule has 0 aromatic rings. The Morgan fingerprint density at radius 3 is 3.17 bits per heavy atom. The lowest BCUT2D eigenvalue weighted by molar-refractivity contribution is 0.114. The summed E-state index contributed by atoms with van der Waals surface area (Å²) < 4.78 is 5.85. The first kappa shape index (κ1) is 11.6. The summed E-state index contributed by atoms with van der Waals surface area (Å²) in [4.78, 5) is 7.01. The van der Waals surface area contributed by atoms with Gasteiger partial charge in [0.05, 0.1) is 12.2 Å². The number of rotatable bonds is 2. The number of likely N-dealkylation sites (N-methyl/N-ethyl adjacent to an activating group) is 1. The van der Waals surface area contributed by atoms with Gasteiger partial charge in [0, 0.05) is 13.6 Å². The minimum Gasteiger partial charge on any atom is -0.486 e. The normalized spacial score (nSPS) is 26.5. The van der Waals surface area contributed by atoms with E-state index >= 15 is 0 Å². The zero-order chi connectivity index (χ0) is 12.7. The van der Waals surface area contributed by atoms with E-state index in [0.717, 1.165) is 37.0 Å². The fourth-order valence-electron chi connectivity index (χ4n) is 2.59. The maximum absolute atomic E-state index is 5.85. The molecular formula is C13H20N4O. The van der Waals surface area contributed by atoms with Gasteiger partial charge in [0.1, 0.15) is 12.4 Å². The molecule has 3 rings (SSSR count). The average molecular weight is 248 g/mol. The number of nitrogens with zero attached hydrogens (tertiary/aromatic N) is 3. The third-order valence-electron chi connectivity index (χ3n) is 3.74. The Kier molecular flexibility index (Phi) is 2.78. The highest BCUT2D eigenvalue weighted by Crippen LogP contribution is 2.28. The lowest BCUT2D eigenvalue weighted by atomic mass is 10.1. The molecular weight excluding hydrogens is 228 g/mol. The SMILES string of the molecule is CCCC1COC2=CN3NCC(C)=C3N=C2N1C. The van der Waals surface area contributed by atoms with E-state index in [-0.39, 0.29) is 0 Å². The molecule has 1 fully saturated rings. The van der Waals surface area contributed by atoms with Crippen molar-refractivity contribution >= 4 is 5.84 Å². The number of nitrogens with one attached hydrogen (secondary N) is 1. The molecule has 1 unspecified atom stereocenters. The van der Waals surface area contributed by atoms with Gasteiger partial charge in [-0.1, -0.05) is 13.3 Å². The molecule has 3 aliphatic heterocycles. The van der Waals surface area contributed by atoms with Crippen molar-refractivity contribution in [1.29, 1.82) is 0 Å². The first-order valence-corrected chi connectivity index (χ1v) is 6.59. The molecule has 0 aromatic carbocycles.